The maximum absolute atomic E-state index is 12.8. The van der Waals surface area contributed by atoms with Gasteiger partial charge in [0.1, 0.15) is 0 Å². The fourth-order valence-corrected chi connectivity index (χ4v) is 2.62. The first-order valence-electron chi connectivity index (χ1n) is 7.07. The zero-order valence-corrected chi connectivity index (χ0v) is 12.5. The van der Waals surface area contributed by atoms with Crippen molar-refractivity contribution >= 4 is 17.6 Å². The zero-order chi connectivity index (χ0) is 17.2. The van der Waals surface area contributed by atoms with Crippen molar-refractivity contribution in [2.24, 2.45) is 5.92 Å². The standard InChI is InChI=1S/C15H17F3N2O3/c1-23-14(22)10-5-9(6-12(19)7-10)13(21)20-4-2-3-11(8-20)15(16,17)18/h5-7,11H,2-4,8,19H2,1H3. The largest absolute Gasteiger partial charge is 0.465 e. The first-order chi connectivity index (χ1) is 10.7. The van der Waals surface area contributed by atoms with Crippen LogP contribution in [0.1, 0.15) is 33.6 Å². The van der Waals surface area contributed by atoms with Crippen molar-refractivity contribution in [1.29, 1.82) is 0 Å². The number of carbonyl (C=O) groups excluding carboxylic acids is 2. The third kappa shape index (κ3) is 3.94. The van der Waals surface area contributed by atoms with Crippen molar-refractivity contribution in [3.05, 3.63) is 29.3 Å². The molecule has 5 nitrogen and oxygen atoms in total. The first kappa shape index (κ1) is 17.1. The summed E-state index contributed by atoms with van der Waals surface area (Å²) in [7, 11) is 1.19. The van der Waals surface area contributed by atoms with Gasteiger partial charge in [-0.3, -0.25) is 4.79 Å². The quantitative estimate of drug-likeness (QED) is 0.668. The Labute approximate surface area is 131 Å². The molecule has 0 aromatic heterocycles. The third-order valence-corrected chi connectivity index (χ3v) is 3.79. The number of likely N-dealkylation sites (tertiary alicyclic amines) is 1. The molecule has 1 amide bonds. The van der Waals surface area contributed by atoms with Gasteiger partial charge in [0.15, 0.2) is 0 Å². The van der Waals surface area contributed by atoms with Crippen LogP contribution in [0.2, 0.25) is 0 Å². The molecule has 1 unspecified atom stereocenters. The molecular formula is C15H17F3N2O3. The SMILES string of the molecule is COC(=O)c1cc(N)cc(C(=O)N2CCCC(C(F)(F)F)C2)c1. The summed E-state index contributed by atoms with van der Waals surface area (Å²) in [5.74, 6) is -2.77. The number of benzene rings is 1. The highest BCUT2D eigenvalue weighted by Gasteiger charge is 2.42. The Morgan fingerprint density at radius 1 is 1.26 bits per heavy atom. The molecule has 1 aliphatic heterocycles. The smallest absolute Gasteiger partial charge is 0.393 e. The van der Waals surface area contributed by atoms with E-state index in [-0.39, 0.29) is 42.7 Å². The molecule has 2 rings (SSSR count). The Hall–Kier alpha value is -2.25. The van der Waals surface area contributed by atoms with Gasteiger partial charge in [0.05, 0.1) is 18.6 Å². The average molecular weight is 330 g/mol. The molecule has 1 aliphatic rings. The lowest BCUT2D eigenvalue weighted by molar-refractivity contribution is -0.184. The van der Waals surface area contributed by atoms with Gasteiger partial charge in [0.2, 0.25) is 0 Å². The molecule has 126 valence electrons. The number of piperidine rings is 1. The van der Waals surface area contributed by atoms with Crippen LogP contribution in [0.3, 0.4) is 0 Å². The van der Waals surface area contributed by atoms with Gasteiger partial charge in [-0.1, -0.05) is 0 Å². The lowest BCUT2D eigenvalue weighted by Gasteiger charge is -2.33. The predicted molar refractivity (Wildman–Crippen MR) is 76.9 cm³/mol. The number of hydrogen-bond acceptors (Lipinski definition) is 4. The fourth-order valence-electron chi connectivity index (χ4n) is 2.62. The molecule has 0 saturated carbocycles. The second-order valence-electron chi connectivity index (χ2n) is 5.47. The van der Waals surface area contributed by atoms with Crippen LogP contribution in [0.4, 0.5) is 18.9 Å². The molecule has 0 radical (unpaired) electrons. The van der Waals surface area contributed by atoms with Gasteiger partial charge < -0.3 is 15.4 Å². The number of alkyl halides is 3. The maximum atomic E-state index is 12.8. The Bertz CT molecular complexity index is 616. The highest BCUT2D eigenvalue weighted by atomic mass is 19.4. The summed E-state index contributed by atoms with van der Waals surface area (Å²) < 4.78 is 43.1. The van der Waals surface area contributed by atoms with Gasteiger partial charge in [-0.25, -0.2) is 4.79 Å². The molecule has 2 N–H and O–H groups in total. The molecular weight excluding hydrogens is 313 g/mol. The van der Waals surface area contributed by atoms with E-state index in [2.05, 4.69) is 4.74 Å². The number of esters is 1. The molecule has 23 heavy (non-hydrogen) atoms. The van der Waals surface area contributed by atoms with Crippen LogP contribution in [0.25, 0.3) is 0 Å². The molecule has 0 aliphatic carbocycles. The van der Waals surface area contributed by atoms with E-state index < -0.39 is 24.0 Å². The van der Waals surface area contributed by atoms with Crippen molar-refractivity contribution in [3.63, 3.8) is 0 Å². The molecule has 1 heterocycles. The van der Waals surface area contributed by atoms with E-state index in [1.165, 1.54) is 25.3 Å². The average Bonchev–Trinajstić information content (AvgIpc) is 2.52. The lowest BCUT2D eigenvalue weighted by Crippen LogP contribution is -2.44. The number of rotatable bonds is 2. The number of ether oxygens (including phenoxy) is 1. The monoisotopic (exact) mass is 330 g/mol. The van der Waals surface area contributed by atoms with Crippen LogP contribution >= 0.6 is 0 Å². The Kier molecular flexibility index (Phi) is 4.82. The summed E-state index contributed by atoms with van der Waals surface area (Å²) in [4.78, 5) is 25.1. The molecule has 1 aromatic carbocycles. The van der Waals surface area contributed by atoms with Gasteiger partial charge in [-0.2, -0.15) is 13.2 Å². The number of nitrogens with zero attached hydrogens (tertiary/aromatic N) is 1. The third-order valence-electron chi connectivity index (χ3n) is 3.79. The number of halogens is 3. The van der Waals surface area contributed by atoms with Crippen LogP contribution in [0.5, 0.6) is 0 Å². The number of anilines is 1. The normalized spacial score (nSPS) is 18.6. The summed E-state index contributed by atoms with van der Waals surface area (Å²) >= 11 is 0. The molecule has 1 atom stereocenters. The topological polar surface area (TPSA) is 72.6 Å². The van der Waals surface area contributed by atoms with Gasteiger partial charge in [-0.05, 0) is 31.0 Å². The highest BCUT2D eigenvalue weighted by molar-refractivity contribution is 5.99. The summed E-state index contributed by atoms with van der Waals surface area (Å²) in [6, 6.07) is 3.96. The Morgan fingerprint density at radius 3 is 2.52 bits per heavy atom. The van der Waals surface area contributed by atoms with E-state index >= 15 is 0 Å². The van der Waals surface area contributed by atoms with Crippen LogP contribution in [-0.4, -0.2) is 43.2 Å². The van der Waals surface area contributed by atoms with E-state index in [1.807, 2.05) is 0 Å². The van der Waals surface area contributed by atoms with Gasteiger partial charge in [0.25, 0.3) is 5.91 Å². The van der Waals surface area contributed by atoms with Crippen molar-refractivity contribution < 1.29 is 27.5 Å². The second kappa shape index (κ2) is 6.47. The predicted octanol–water partition coefficient (Wildman–Crippen LogP) is 2.47. The molecule has 0 bridgehead atoms. The van der Waals surface area contributed by atoms with E-state index in [0.29, 0.717) is 0 Å². The van der Waals surface area contributed by atoms with Gasteiger partial charge in [0, 0.05) is 24.3 Å². The Morgan fingerprint density at radius 2 is 1.91 bits per heavy atom. The number of nitrogen functional groups attached to an aromatic ring is 1. The van der Waals surface area contributed by atoms with Crippen LogP contribution in [0.15, 0.2) is 18.2 Å². The number of carbonyl (C=O) groups is 2. The Balaban J connectivity index is 2.23. The van der Waals surface area contributed by atoms with Gasteiger partial charge >= 0.3 is 12.1 Å². The summed E-state index contributed by atoms with van der Waals surface area (Å²) in [5, 5.41) is 0. The first-order valence-corrected chi connectivity index (χ1v) is 7.07. The summed E-state index contributed by atoms with van der Waals surface area (Å²) in [6.07, 6.45) is -4.04. The van der Waals surface area contributed by atoms with Crippen LogP contribution < -0.4 is 5.73 Å². The second-order valence-corrected chi connectivity index (χ2v) is 5.47. The molecule has 1 fully saturated rings. The number of methoxy groups -OCH3 is 1. The zero-order valence-electron chi connectivity index (χ0n) is 12.5. The highest BCUT2D eigenvalue weighted by Crippen LogP contribution is 2.33. The fraction of sp³-hybridized carbons (Fsp3) is 0.467. The van der Waals surface area contributed by atoms with E-state index in [1.54, 1.807) is 0 Å². The summed E-state index contributed by atoms with van der Waals surface area (Å²) in [5.41, 5.74) is 5.99. The minimum atomic E-state index is -4.33. The molecule has 0 spiro atoms. The van der Waals surface area contributed by atoms with Crippen molar-refractivity contribution in [2.75, 3.05) is 25.9 Å². The van der Waals surface area contributed by atoms with Crippen LogP contribution in [-0.2, 0) is 4.74 Å². The lowest BCUT2D eigenvalue weighted by atomic mass is 9.96. The number of amides is 1. The minimum Gasteiger partial charge on any atom is -0.465 e. The molecule has 8 heteroatoms. The number of nitrogens with two attached hydrogens (primary N) is 1. The van der Waals surface area contributed by atoms with Crippen LogP contribution in [0, 0.1) is 5.92 Å². The van der Waals surface area contributed by atoms with E-state index in [4.69, 9.17) is 5.73 Å². The number of hydrogen-bond donors (Lipinski definition) is 1. The summed E-state index contributed by atoms with van der Waals surface area (Å²) in [6.45, 7) is -0.140. The molecule has 1 saturated heterocycles. The molecule has 1 aromatic rings. The maximum Gasteiger partial charge on any atom is 0.393 e. The van der Waals surface area contributed by atoms with Crippen molar-refractivity contribution in [3.8, 4) is 0 Å². The van der Waals surface area contributed by atoms with E-state index in [9.17, 15) is 22.8 Å². The van der Waals surface area contributed by atoms with Crippen molar-refractivity contribution in [2.45, 2.75) is 19.0 Å². The van der Waals surface area contributed by atoms with Crippen molar-refractivity contribution in [1.82, 2.24) is 4.90 Å². The van der Waals surface area contributed by atoms with E-state index in [0.717, 1.165) is 4.90 Å². The van der Waals surface area contributed by atoms with Gasteiger partial charge in [-0.15, -0.1) is 0 Å². The minimum absolute atomic E-state index is 0.0115.